The Morgan fingerprint density at radius 1 is 1.27 bits per heavy atom. The van der Waals surface area contributed by atoms with Crippen LogP contribution < -0.4 is 10.6 Å². The van der Waals surface area contributed by atoms with Gasteiger partial charge in [0.15, 0.2) is 5.96 Å². The van der Waals surface area contributed by atoms with E-state index in [4.69, 9.17) is 4.74 Å². The highest BCUT2D eigenvalue weighted by Crippen LogP contribution is 2.17. The van der Waals surface area contributed by atoms with Crippen LogP contribution in [0.25, 0.3) is 0 Å². The van der Waals surface area contributed by atoms with Crippen molar-refractivity contribution < 1.29 is 4.74 Å². The molecule has 0 aliphatic carbocycles. The first-order valence-corrected chi connectivity index (χ1v) is 8.99. The lowest BCUT2D eigenvalue weighted by molar-refractivity contribution is 0.153. The van der Waals surface area contributed by atoms with Crippen LogP contribution in [0.4, 0.5) is 0 Å². The van der Waals surface area contributed by atoms with Gasteiger partial charge < -0.3 is 15.4 Å². The lowest BCUT2D eigenvalue weighted by Crippen LogP contribution is -2.37. The second kappa shape index (κ2) is 9.64. The molecule has 0 saturated carbocycles. The highest BCUT2D eigenvalue weighted by molar-refractivity contribution is 7.11. The third-order valence-corrected chi connectivity index (χ3v) is 4.81. The highest BCUT2D eigenvalue weighted by Gasteiger charge is 2.04. The second-order valence-electron chi connectivity index (χ2n) is 5.28. The maximum atomic E-state index is 5.33. The fraction of sp³-hybridized carbons (Fsp3) is 0.588. The molecule has 0 spiro atoms. The number of aryl methyl sites for hydroxylation is 1. The normalized spacial score (nSPS) is 15.5. The molecule has 0 bridgehead atoms. The van der Waals surface area contributed by atoms with Crippen molar-refractivity contribution >= 4 is 17.3 Å². The molecule has 0 aromatic carbocycles. The van der Waals surface area contributed by atoms with E-state index in [1.165, 1.54) is 15.3 Å². The molecule has 0 amide bonds. The minimum atomic E-state index is 0.747. The van der Waals surface area contributed by atoms with Crippen LogP contribution in [0.15, 0.2) is 28.8 Å². The molecule has 4 nitrogen and oxygen atoms in total. The van der Waals surface area contributed by atoms with Crippen molar-refractivity contribution in [3.05, 3.63) is 33.5 Å². The number of nitrogens with one attached hydrogen (secondary N) is 2. The molecule has 0 atom stereocenters. The number of nitrogens with zero attached hydrogens (tertiary/aromatic N) is 1. The fourth-order valence-electron chi connectivity index (χ4n) is 2.33. The maximum absolute atomic E-state index is 5.33. The first-order chi connectivity index (χ1) is 10.8. The van der Waals surface area contributed by atoms with Gasteiger partial charge in [-0.1, -0.05) is 18.6 Å². The largest absolute Gasteiger partial charge is 0.377 e. The third-order valence-electron chi connectivity index (χ3n) is 3.60. The van der Waals surface area contributed by atoms with Crippen molar-refractivity contribution in [2.75, 3.05) is 26.3 Å². The molecule has 0 radical (unpaired) electrons. The Bertz CT molecular complexity index is 508. The molecule has 0 fully saturated rings. The number of hydrogen-bond donors (Lipinski definition) is 2. The number of guanidine groups is 1. The van der Waals surface area contributed by atoms with E-state index in [0.29, 0.717) is 0 Å². The zero-order valence-electron chi connectivity index (χ0n) is 13.7. The van der Waals surface area contributed by atoms with Crippen molar-refractivity contribution in [2.45, 2.75) is 39.7 Å². The summed E-state index contributed by atoms with van der Waals surface area (Å²) >= 11 is 1.85. The zero-order valence-corrected chi connectivity index (χ0v) is 14.5. The summed E-state index contributed by atoms with van der Waals surface area (Å²) in [6.45, 7) is 8.46. The molecule has 1 aromatic heterocycles. The molecule has 2 heterocycles. The molecule has 1 aliphatic heterocycles. The number of hydrogen-bond acceptors (Lipinski definition) is 3. The van der Waals surface area contributed by atoms with Crippen LogP contribution in [-0.4, -0.2) is 32.3 Å². The van der Waals surface area contributed by atoms with Gasteiger partial charge in [-0.3, -0.25) is 0 Å². The maximum Gasteiger partial charge on any atom is 0.191 e. The van der Waals surface area contributed by atoms with E-state index < -0.39 is 0 Å². The van der Waals surface area contributed by atoms with E-state index in [1.807, 2.05) is 11.3 Å². The van der Waals surface area contributed by atoms with Crippen LogP contribution in [-0.2, 0) is 17.7 Å². The van der Waals surface area contributed by atoms with Crippen LogP contribution in [0.1, 0.15) is 36.4 Å². The third kappa shape index (κ3) is 5.81. The molecule has 2 N–H and O–H groups in total. The number of thiophene rings is 1. The van der Waals surface area contributed by atoms with Crippen molar-refractivity contribution in [3.63, 3.8) is 0 Å². The van der Waals surface area contributed by atoms with Gasteiger partial charge in [0.1, 0.15) is 0 Å². The summed E-state index contributed by atoms with van der Waals surface area (Å²) in [7, 11) is 0. The summed E-state index contributed by atoms with van der Waals surface area (Å²) in [5, 5.41) is 6.73. The summed E-state index contributed by atoms with van der Waals surface area (Å²) < 4.78 is 5.33. The van der Waals surface area contributed by atoms with Gasteiger partial charge in [0.25, 0.3) is 0 Å². The van der Waals surface area contributed by atoms with Gasteiger partial charge in [0.2, 0.25) is 0 Å². The van der Waals surface area contributed by atoms with E-state index >= 15 is 0 Å². The molecule has 22 heavy (non-hydrogen) atoms. The van der Waals surface area contributed by atoms with Crippen LogP contribution in [0, 0.1) is 0 Å². The Morgan fingerprint density at radius 2 is 2.14 bits per heavy atom. The minimum Gasteiger partial charge on any atom is -0.377 e. The number of ether oxygens (including phenoxy) is 1. The van der Waals surface area contributed by atoms with E-state index in [-0.39, 0.29) is 0 Å². The lowest BCUT2D eigenvalue weighted by atomic mass is 10.1. The number of rotatable bonds is 7. The Morgan fingerprint density at radius 3 is 2.82 bits per heavy atom. The van der Waals surface area contributed by atoms with Crippen molar-refractivity contribution in [1.29, 1.82) is 0 Å². The van der Waals surface area contributed by atoms with Gasteiger partial charge in [-0.15, -0.1) is 11.3 Å². The molecular weight excluding hydrogens is 294 g/mol. The zero-order chi connectivity index (χ0) is 15.6. The predicted octanol–water partition coefficient (Wildman–Crippen LogP) is 3.10. The average molecular weight is 321 g/mol. The molecule has 0 unspecified atom stereocenters. The summed E-state index contributed by atoms with van der Waals surface area (Å²) in [4.78, 5) is 7.42. The quantitative estimate of drug-likeness (QED) is 0.461. The summed E-state index contributed by atoms with van der Waals surface area (Å²) in [5.41, 5.74) is 1.49. The second-order valence-corrected chi connectivity index (χ2v) is 6.53. The van der Waals surface area contributed by atoms with Gasteiger partial charge in [-0.2, -0.15) is 0 Å². The van der Waals surface area contributed by atoms with E-state index in [2.05, 4.69) is 47.7 Å². The average Bonchev–Trinajstić information content (AvgIpc) is 3.02. The topological polar surface area (TPSA) is 45.7 Å². The Kier molecular flexibility index (Phi) is 7.46. The SMILES string of the molecule is CCNC(=NCc1ccc(CC)s1)NCCC1=CCOCC1. The van der Waals surface area contributed by atoms with E-state index in [1.54, 1.807) is 0 Å². The molecular formula is C17H27N3OS. The Hall–Kier alpha value is -1.33. The van der Waals surface area contributed by atoms with E-state index in [0.717, 1.165) is 58.1 Å². The molecule has 5 heteroatoms. The molecule has 2 rings (SSSR count). The van der Waals surface area contributed by atoms with Gasteiger partial charge in [0, 0.05) is 22.8 Å². The van der Waals surface area contributed by atoms with E-state index in [9.17, 15) is 0 Å². The fourth-order valence-corrected chi connectivity index (χ4v) is 3.21. The first kappa shape index (κ1) is 17.0. The van der Waals surface area contributed by atoms with Crippen LogP contribution in [0.5, 0.6) is 0 Å². The van der Waals surface area contributed by atoms with Crippen LogP contribution in [0.2, 0.25) is 0 Å². The minimum absolute atomic E-state index is 0.747. The molecule has 1 aliphatic rings. The standard InChI is InChI=1S/C17H27N3OS/c1-3-15-5-6-16(22-15)13-20-17(18-4-2)19-10-7-14-8-11-21-12-9-14/h5-6,8H,3-4,7,9-13H2,1-2H3,(H2,18,19,20). The van der Waals surface area contributed by atoms with Crippen molar-refractivity contribution in [3.8, 4) is 0 Å². The lowest BCUT2D eigenvalue weighted by Gasteiger charge is -2.15. The van der Waals surface area contributed by atoms with Crippen LogP contribution >= 0.6 is 11.3 Å². The summed E-state index contributed by atoms with van der Waals surface area (Å²) in [6.07, 6.45) is 5.43. The molecule has 122 valence electrons. The van der Waals surface area contributed by atoms with Gasteiger partial charge in [0.05, 0.1) is 19.8 Å². The first-order valence-electron chi connectivity index (χ1n) is 8.17. The summed E-state index contributed by atoms with van der Waals surface area (Å²) in [6, 6.07) is 4.39. The van der Waals surface area contributed by atoms with Gasteiger partial charge in [-0.05, 0) is 38.3 Å². The predicted molar refractivity (Wildman–Crippen MR) is 94.7 cm³/mol. The van der Waals surface area contributed by atoms with Crippen molar-refractivity contribution in [2.24, 2.45) is 4.99 Å². The van der Waals surface area contributed by atoms with Gasteiger partial charge in [-0.25, -0.2) is 4.99 Å². The molecule has 1 aromatic rings. The Labute approximate surface area is 137 Å². The van der Waals surface area contributed by atoms with Gasteiger partial charge >= 0.3 is 0 Å². The summed E-state index contributed by atoms with van der Waals surface area (Å²) in [5.74, 6) is 0.904. The number of aliphatic imine (C=N–C) groups is 1. The molecule has 0 saturated heterocycles. The monoisotopic (exact) mass is 321 g/mol. The van der Waals surface area contributed by atoms with Crippen molar-refractivity contribution in [1.82, 2.24) is 10.6 Å². The smallest absolute Gasteiger partial charge is 0.191 e. The van der Waals surface area contributed by atoms with Crippen LogP contribution in [0.3, 0.4) is 0 Å². The Balaban J connectivity index is 1.80. The highest BCUT2D eigenvalue weighted by atomic mass is 32.1.